The Kier molecular flexibility index (Phi) is 6.09. The van der Waals surface area contributed by atoms with E-state index in [0.29, 0.717) is 18.5 Å². The number of aromatic carboxylic acids is 1. The normalized spacial score (nSPS) is 11.0. The van der Waals surface area contributed by atoms with Gasteiger partial charge < -0.3 is 10.4 Å². The van der Waals surface area contributed by atoms with Gasteiger partial charge in [0.15, 0.2) is 0 Å². The summed E-state index contributed by atoms with van der Waals surface area (Å²) in [5.74, 6) is -1.14. The van der Waals surface area contributed by atoms with Crippen molar-refractivity contribution in [3.63, 3.8) is 0 Å². The predicted molar refractivity (Wildman–Crippen MR) is 74.1 cm³/mol. The second-order valence-corrected chi connectivity index (χ2v) is 3.89. The lowest BCUT2D eigenvalue weighted by Crippen LogP contribution is -2.24. The van der Waals surface area contributed by atoms with E-state index in [9.17, 15) is 9.59 Å². The molecule has 0 fully saturated rings. The van der Waals surface area contributed by atoms with Gasteiger partial charge >= 0.3 is 5.97 Å². The van der Waals surface area contributed by atoms with Crippen molar-refractivity contribution in [2.75, 3.05) is 6.54 Å². The molecule has 0 saturated carbocycles. The highest BCUT2D eigenvalue weighted by Crippen LogP contribution is 2.08. The number of carbonyl (C=O) groups excluding carboxylic acids is 1. The lowest BCUT2D eigenvalue weighted by atomic mass is 10.0. The van der Waals surface area contributed by atoms with Crippen LogP contribution in [0.15, 0.2) is 48.6 Å². The van der Waals surface area contributed by atoms with Crippen LogP contribution in [0.2, 0.25) is 0 Å². The Morgan fingerprint density at radius 2 is 2.00 bits per heavy atom. The average molecular weight is 259 g/mol. The smallest absolute Gasteiger partial charge is 0.335 e. The fraction of sp³-hybridized carbons (Fsp3) is 0.200. The largest absolute Gasteiger partial charge is 0.478 e. The molecule has 1 rings (SSSR count). The molecular weight excluding hydrogens is 242 g/mol. The Morgan fingerprint density at radius 1 is 1.26 bits per heavy atom. The van der Waals surface area contributed by atoms with Gasteiger partial charge in [-0.3, -0.25) is 4.79 Å². The van der Waals surface area contributed by atoms with Crippen LogP contribution >= 0.6 is 0 Å². The zero-order valence-electron chi connectivity index (χ0n) is 10.8. The highest BCUT2D eigenvalue weighted by molar-refractivity contribution is 5.89. The number of hydrogen-bond acceptors (Lipinski definition) is 2. The summed E-state index contributed by atoms with van der Waals surface area (Å²) in [6, 6.07) is 6.79. The maximum Gasteiger partial charge on any atom is 0.335 e. The molecule has 0 aromatic heterocycles. The van der Waals surface area contributed by atoms with Gasteiger partial charge in [-0.15, -0.1) is 0 Å². The minimum atomic E-state index is -0.949. The molecule has 0 radical (unpaired) electrons. The molecule has 1 amide bonds. The fourth-order valence-corrected chi connectivity index (χ4v) is 1.58. The molecule has 0 unspecified atom stereocenters. The molecule has 1 aromatic carbocycles. The summed E-state index contributed by atoms with van der Waals surface area (Å²) < 4.78 is 0. The van der Waals surface area contributed by atoms with Crippen LogP contribution < -0.4 is 5.32 Å². The Labute approximate surface area is 112 Å². The minimum absolute atomic E-state index is 0.189. The van der Waals surface area contributed by atoms with Crippen LogP contribution in [0.3, 0.4) is 0 Å². The summed E-state index contributed by atoms with van der Waals surface area (Å²) in [6.45, 7) is 2.27. The molecule has 0 aliphatic rings. The summed E-state index contributed by atoms with van der Waals surface area (Å²) in [7, 11) is 0. The van der Waals surface area contributed by atoms with E-state index < -0.39 is 5.97 Å². The molecule has 0 spiro atoms. The number of rotatable bonds is 6. The van der Waals surface area contributed by atoms with Crippen LogP contribution in [0.5, 0.6) is 0 Å². The lowest BCUT2D eigenvalue weighted by molar-refractivity contribution is -0.116. The van der Waals surface area contributed by atoms with Crippen molar-refractivity contribution in [2.45, 2.75) is 13.3 Å². The van der Waals surface area contributed by atoms with Crippen molar-refractivity contribution >= 4 is 11.9 Å². The first-order valence-electron chi connectivity index (χ1n) is 6.03. The Hall–Kier alpha value is -2.36. The monoisotopic (exact) mass is 259 g/mol. The second-order valence-electron chi connectivity index (χ2n) is 3.89. The van der Waals surface area contributed by atoms with E-state index in [-0.39, 0.29) is 11.5 Å². The molecule has 1 aromatic rings. The van der Waals surface area contributed by atoms with E-state index >= 15 is 0 Å². The van der Waals surface area contributed by atoms with Crippen LogP contribution in [0.4, 0.5) is 0 Å². The molecule has 0 heterocycles. The van der Waals surface area contributed by atoms with Crippen molar-refractivity contribution in [1.82, 2.24) is 5.32 Å². The summed E-state index contributed by atoms with van der Waals surface area (Å²) in [5, 5.41) is 11.7. The van der Waals surface area contributed by atoms with E-state index in [0.717, 1.165) is 0 Å². The van der Waals surface area contributed by atoms with Gasteiger partial charge in [-0.1, -0.05) is 36.4 Å². The number of nitrogens with one attached hydrogen (secondary N) is 1. The lowest BCUT2D eigenvalue weighted by Gasteiger charge is -2.06. The van der Waals surface area contributed by atoms with Gasteiger partial charge in [-0.2, -0.15) is 0 Å². The highest BCUT2D eigenvalue weighted by atomic mass is 16.4. The van der Waals surface area contributed by atoms with Crippen molar-refractivity contribution in [1.29, 1.82) is 0 Å². The Morgan fingerprint density at radius 3 is 2.68 bits per heavy atom. The van der Waals surface area contributed by atoms with E-state index in [1.807, 2.05) is 13.0 Å². The van der Waals surface area contributed by atoms with Gasteiger partial charge in [0.2, 0.25) is 5.91 Å². The molecule has 0 bridgehead atoms. The molecule has 0 aliphatic heterocycles. The van der Waals surface area contributed by atoms with Crippen molar-refractivity contribution in [2.24, 2.45) is 0 Å². The van der Waals surface area contributed by atoms with Crippen LogP contribution in [-0.4, -0.2) is 23.5 Å². The van der Waals surface area contributed by atoms with Gasteiger partial charge in [0.05, 0.1) is 5.56 Å². The number of allylic oxidation sites excluding steroid dienone is 3. The number of carboxylic acid groups (broad SMARTS) is 1. The highest BCUT2D eigenvalue weighted by Gasteiger charge is 2.08. The first-order chi connectivity index (χ1) is 9.15. The van der Waals surface area contributed by atoms with E-state index in [4.69, 9.17) is 5.11 Å². The first kappa shape index (κ1) is 14.7. The van der Waals surface area contributed by atoms with E-state index in [1.54, 1.807) is 36.4 Å². The Bertz CT molecular complexity index is 504. The fourth-order valence-electron chi connectivity index (χ4n) is 1.58. The Balaban J connectivity index is 2.50. The summed E-state index contributed by atoms with van der Waals surface area (Å²) in [4.78, 5) is 22.4. The molecule has 0 aliphatic carbocycles. The molecular formula is C15H17NO3. The van der Waals surface area contributed by atoms with Gasteiger partial charge in [0.25, 0.3) is 0 Å². The molecule has 4 nitrogen and oxygen atoms in total. The molecule has 19 heavy (non-hydrogen) atoms. The molecule has 0 atom stereocenters. The standard InChI is InChI=1S/C15H17NO3/c1-2-3-4-9-14(17)16-11-10-12-7-5-6-8-13(12)15(18)19/h2-9H,10-11H2,1H3,(H,16,17)(H,18,19). The van der Waals surface area contributed by atoms with Crippen LogP contribution in [0.25, 0.3) is 0 Å². The third kappa shape index (κ3) is 5.21. The molecule has 4 heteroatoms. The summed E-state index contributed by atoms with van der Waals surface area (Å²) in [5.41, 5.74) is 0.994. The number of amides is 1. The average Bonchev–Trinajstić information content (AvgIpc) is 2.39. The van der Waals surface area contributed by atoms with E-state index in [1.165, 1.54) is 6.08 Å². The quantitative estimate of drug-likeness (QED) is 0.608. The van der Waals surface area contributed by atoms with Crippen molar-refractivity contribution in [3.8, 4) is 0 Å². The van der Waals surface area contributed by atoms with Crippen molar-refractivity contribution < 1.29 is 14.7 Å². The van der Waals surface area contributed by atoms with Gasteiger partial charge in [0.1, 0.15) is 0 Å². The predicted octanol–water partition coefficient (Wildman–Crippen LogP) is 2.18. The number of benzene rings is 1. The number of hydrogen-bond donors (Lipinski definition) is 2. The number of carboxylic acids is 1. The zero-order chi connectivity index (χ0) is 14.1. The second kappa shape index (κ2) is 7.87. The van der Waals surface area contributed by atoms with Gasteiger partial charge in [-0.25, -0.2) is 4.79 Å². The topological polar surface area (TPSA) is 66.4 Å². The van der Waals surface area contributed by atoms with E-state index in [2.05, 4.69) is 5.32 Å². The maximum atomic E-state index is 11.4. The summed E-state index contributed by atoms with van der Waals surface area (Å²) >= 11 is 0. The minimum Gasteiger partial charge on any atom is -0.478 e. The number of carbonyl (C=O) groups is 2. The first-order valence-corrected chi connectivity index (χ1v) is 6.03. The summed E-state index contributed by atoms with van der Waals surface area (Å²) in [6.07, 6.45) is 7.17. The zero-order valence-corrected chi connectivity index (χ0v) is 10.8. The molecule has 2 N–H and O–H groups in total. The van der Waals surface area contributed by atoms with Crippen LogP contribution in [0.1, 0.15) is 22.8 Å². The van der Waals surface area contributed by atoms with Gasteiger partial charge in [0, 0.05) is 12.6 Å². The van der Waals surface area contributed by atoms with Gasteiger partial charge in [-0.05, 0) is 25.0 Å². The van der Waals surface area contributed by atoms with Crippen LogP contribution in [-0.2, 0) is 11.2 Å². The van der Waals surface area contributed by atoms with Crippen molar-refractivity contribution in [3.05, 3.63) is 59.7 Å². The molecule has 0 saturated heterocycles. The maximum absolute atomic E-state index is 11.4. The third-order valence-corrected chi connectivity index (χ3v) is 2.49. The molecule has 100 valence electrons. The van der Waals surface area contributed by atoms with Crippen LogP contribution in [0, 0.1) is 0 Å². The SMILES string of the molecule is CC=CC=CC(=O)NCCc1ccccc1C(=O)O. The third-order valence-electron chi connectivity index (χ3n) is 2.49.